The van der Waals surface area contributed by atoms with E-state index in [1.807, 2.05) is 35.2 Å². The van der Waals surface area contributed by atoms with Gasteiger partial charge in [-0.2, -0.15) is 0 Å². The van der Waals surface area contributed by atoms with Crippen molar-refractivity contribution >= 4 is 16.8 Å². The number of likely N-dealkylation sites (tertiary alicyclic amines) is 1. The molecule has 0 radical (unpaired) electrons. The lowest BCUT2D eigenvalue weighted by molar-refractivity contribution is -0.129. The van der Waals surface area contributed by atoms with Crippen LogP contribution in [0, 0.1) is 0 Å². The van der Waals surface area contributed by atoms with Crippen molar-refractivity contribution in [2.24, 2.45) is 5.73 Å². The van der Waals surface area contributed by atoms with E-state index in [2.05, 4.69) is 11.9 Å². The van der Waals surface area contributed by atoms with Crippen LogP contribution in [-0.4, -0.2) is 28.4 Å². The summed E-state index contributed by atoms with van der Waals surface area (Å²) >= 11 is 0. The Morgan fingerprint density at radius 2 is 2.15 bits per heavy atom. The molecule has 1 aromatic heterocycles. The summed E-state index contributed by atoms with van der Waals surface area (Å²) < 4.78 is 0. The van der Waals surface area contributed by atoms with Crippen LogP contribution in [0.15, 0.2) is 36.5 Å². The molecule has 1 aliphatic rings. The van der Waals surface area contributed by atoms with Gasteiger partial charge in [-0.25, -0.2) is 0 Å². The van der Waals surface area contributed by atoms with Crippen molar-refractivity contribution in [1.29, 1.82) is 0 Å². The number of hydrogen-bond acceptors (Lipinski definition) is 3. The monoisotopic (exact) mass is 269 g/mol. The molecule has 1 amide bonds. The molecule has 0 bridgehead atoms. The number of para-hydroxylation sites is 1. The maximum atomic E-state index is 12.1. The number of amides is 1. The van der Waals surface area contributed by atoms with Gasteiger partial charge in [-0.3, -0.25) is 9.78 Å². The Kier molecular flexibility index (Phi) is 3.40. The summed E-state index contributed by atoms with van der Waals surface area (Å²) in [5.41, 5.74) is 8.24. The Morgan fingerprint density at radius 3 is 2.95 bits per heavy atom. The SMILES string of the molecule is CCCN1C(=O)CC(N)C1c1cccc2cccnc12. The van der Waals surface area contributed by atoms with E-state index < -0.39 is 0 Å². The lowest BCUT2D eigenvalue weighted by Gasteiger charge is -2.27. The van der Waals surface area contributed by atoms with Crippen molar-refractivity contribution < 1.29 is 4.79 Å². The van der Waals surface area contributed by atoms with Gasteiger partial charge in [0.1, 0.15) is 0 Å². The van der Waals surface area contributed by atoms with Crippen LogP contribution in [0.1, 0.15) is 31.4 Å². The molecule has 2 atom stereocenters. The highest BCUT2D eigenvalue weighted by Gasteiger charge is 2.38. The summed E-state index contributed by atoms with van der Waals surface area (Å²) in [4.78, 5) is 18.5. The average Bonchev–Trinajstić information content (AvgIpc) is 2.73. The van der Waals surface area contributed by atoms with Gasteiger partial charge >= 0.3 is 0 Å². The molecule has 2 heterocycles. The summed E-state index contributed by atoms with van der Waals surface area (Å²) in [6, 6.07) is 9.86. The maximum Gasteiger partial charge on any atom is 0.224 e. The Labute approximate surface area is 118 Å². The van der Waals surface area contributed by atoms with E-state index in [-0.39, 0.29) is 18.0 Å². The third kappa shape index (κ3) is 2.06. The zero-order chi connectivity index (χ0) is 14.1. The van der Waals surface area contributed by atoms with E-state index in [9.17, 15) is 4.79 Å². The zero-order valence-electron chi connectivity index (χ0n) is 11.6. The van der Waals surface area contributed by atoms with Crippen molar-refractivity contribution in [3.05, 3.63) is 42.1 Å². The van der Waals surface area contributed by atoms with Gasteiger partial charge < -0.3 is 10.6 Å². The molecule has 0 aliphatic carbocycles. The highest BCUT2D eigenvalue weighted by molar-refractivity contribution is 5.85. The van der Waals surface area contributed by atoms with E-state index in [0.29, 0.717) is 6.42 Å². The molecule has 1 fully saturated rings. The molecule has 4 nitrogen and oxygen atoms in total. The number of nitrogens with two attached hydrogens (primary N) is 1. The number of carbonyl (C=O) groups is 1. The first-order valence-corrected chi connectivity index (χ1v) is 7.11. The van der Waals surface area contributed by atoms with Crippen molar-refractivity contribution in [2.45, 2.75) is 31.8 Å². The Morgan fingerprint density at radius 1 is 1.35 bits per heavy atom. The van der Waals surface area contributed by atoms with Crippen LogP contribution in [0.3, 0.4) is 0 Å². The number of carbonyl (C=O) groups excluding carboxylic acids is 1. The van der Waals surface area contributed by atoms with Gasteiger partial charge in [-0.15, -0.1) is 0 Å². The van der Waals surface area contributed by atoms with Gasteiger partial charge in [0.25, 0.3) is 0 Å². The molecule has 0 saturated carbocycles. The van der Waals surface area contributed by atoms with Crippen molar-refractivity contribution in [3.63, 3.8) is 0 Å². The molecule has 1 aromatic carbocycles. The van der Waals surface area contributed by atoms with Gasteiger partial charge in [0, 0.05) is 36.2 Å². The fraction of sp³-hybridized carbons (Fsp3) is 0.375. The number of nitrogens with zero attached hydrogens (tertiary/aromatic N) is 2. The van der Waals surface area contributed by atoms with Gasteiger partial charge in [-0.05, 0) is 12.5 Å². The molecule has 2 N–H and O–H groups in total. The standard InChI is InChI=1S/C16H19N3O/c1-2-9-19-14(20)10-13(17)16(19)12-7-3-5-11-6-4-8-18-15(11)12/h3-8,13,16H,2,9-10,17H2,1H3. The van der Waals surface area contributed by atoms with Gasteiger partial charge in [0.15, 0.2) is 0 Å². The van der Waals surface area contributed by atoms with Crippen LogP contribution in [0.2, 0.25) is 0 Å². The van der Waals surface area contributed by atoms with E-state index >= 15 is 0 Å². The minimum absolute atomic E-state index is 0.0546. The van der Waals surface area contributed by atoms with Crippen LogP contribution in [0.4, 0.5) is 0 Å². The van der Waals surface area contributed by atoms with Crippen LogP contribution in [-0.2, 0) is 4.79 Å². The largest absolute Gasteiger partial charge is 0.334 e. The smallest absolute Gasteiger partial charge is 0.224 e. The number of aromatic nitrogens is 1. The van der Waals surface area contributed by atoms with Crippen LogP contribution in [0.25, 0.3) is 10.9 Å². The highest BCUT2D eigenvalue weighted by atomic mass is 16.2. The maximum absolute atomic E-state index is 12.1. The molecule has 1 aliphatic heterocycles. The molecule has 2 aromatic rings. The van der Waals surface area contributed by atoms with Crippen LogP contribution in [0.5, 0.6) is 0 Å². The predicted octanol–water partition coefficient (Wildman–Crippen LogP) is 2.25. The third-order valence-corrected chi connectivity index (χ3v) is 3.92. The second-order valence-corrected chi connectivity index (χ2v) is 5.32. The van der Waals surface area contributed by atoms with E-state index in [1.54, 1.807) is 6.20 Å². The Bertz CT molecular complexity index is 635. The summed E-state index contributed by atoms with van der Waals surface area (Å²) in [6.07, 6.45) is 3.15. The lowest BCUT2D eigenvalue weighted by atomic mass is 9.97. The third-order valence-electron chi connectivity index (χ3n) is 3.92. The summed E-state index contributed by atoms with van der Waals surface area (Å²) in [7, 11) is 0. The van der Waals surface area contributed by atoms with E-state index in [0.717, 1.165) is 29.4 Å². The first-order chi connectivity index (χ1) is 9.72. The molecular weight excluding hydrogens is 250 g/mol. The summed E-state index contributed by atoms with van der Waals surface area (Å²) in [6.45, 7) is 2.83. The van der Waals surface area contributed by atoms with Crippen LogP contribution < -0.4 is 5.73 Å². The first-order valence-electron chi connectivity index (χ1n) is 7.11. The second-order valence-electron chi connectivity index (χ2n) is 5.32. The molecule has 104 valence electrons. The second kappa shape index (κ2) is 5.21. The predicted molar refractivity (Wildman–Crippen MR) is 79.1 cm³/mol. The molecule has 20 heavy (non-hydrogen) atoms. The first kappa shape index (κ1) is 13.1. The Hall–Kier alpha value is -1.94. The van der Waals surface area contributed by atoms with Gasteiger partial charge in [0.2, 0.25) is 5.91 Å². The normalized spacial score (nSPS) is 22.7. The fourth-order valence-electron chi connectivity index (χ4n) is 3.09. The topological polar surface area (TPSA) is 59.2 Å². The van der Waals surface area contributed by atoms with Crippen molar-refractivity contribution in [3.8, 4) is 0 Å². The molecule has 0 spiro atoms. The minimum atomic E-state index is -0.151. The van der Waals surface area contributed by atoms with Crippen molar-refractivity contribution in [1.82, 2.24) is 9.88 Å². The average molecular weight is 269 g/mol. The quantitative estimate of drug-likeness (QED) is 0.929. The number of rotatable bonds is 3. The summed E-state index contributed by atoms with van der Waals surface area (Å²) in [5, 5.41) is 1.09. The summed E-state index contributed by atoms with van der Waals surface area (Å²) in [5.74, 6) is 0.150. The number of pyridine rings is 1. The lowest BCUT2D eigenvalue weighted by Crippen LogP contribution is -2.33. The molecule has 2 unspecified atom stereocenters. The van der Waals surface area contributed by atoms with Crippen molar-refractivity contribution in [2.75, 3.05) is 6.54 Å². The molecular formula is C16H19N3O. The molecule has 1 saturated heterocycles. The Balaban J connectivity index is 2.11. The zero-order valence-corrected chi connectivity index (χ0v) is 11.6. The van der Waals surface area contributed by atoms with Crippen LogP contribution >= 0.6 is 0 Å². The van der Waals surface area contributed by atoms with Gasteiger partial charge in [-0.1, -0.05) is 31.2 Å². The number of benzene rings is 1. The molecule has 4 heteroatoms. The fourth-order valence-corrected chi connectivity index (χ4v) is 3.09. The van der Waals surface area contributed by atoms with Gasteiger partial charge in [0.05, 0.1) is 11.6 Å². The number of hydrogen-bond donors (Lipinski definition) is 1. The van der Waals surface area contributed by atoms with E-state index in [4.69, 9.17) is 5.73 Å². The van der Waals surface area contributed by atoms with E-state index in [1.165, 1.54) is 0 Å². The highest BCUT2D eigenvalue weighted by Crippen LogP contribution is 2.35. The minimum Gasteiger partial charge on any atom is -0.334 e. The molecule has 3 rings (SSSR count). The number of fused-ring (bicyclic) bond motifs is 1.